The maximum absolute atomic E-state index is 11.2. The molecule has 2 N–H and O–H groups in total. The summed E-state index contributed by atoms with van der Waals surface area (Å²) in [6.07, 6.45) is 2.58. The molecule has 2 aromatic rings. The van der Waals surface area contributed by atoms with Crippen LogP contribution in [-0.2, 0) is 11.3 Å². The van der Waals surface area contributed by atoms with Crippen LogP contribution >= 0.6 is 11.6 Å². The van der Waals surface area contributed by atoms with Crippen LogP contribution in [0.1, 0.15) is 31.7 Å². The zero-order valence-corrected chi connectivity index (χ0v) is 14.0. The van der Waals surface area contributed by atoms with Gasteiger partial charge in [0.15, 0.2) is 0 Å². The summed E-state index contributed by atoms with van der Waals surface area (Å²) in [6, 6.07) is 15.4. The number of hydrogen-bond donors (Lipinski definition) is 2. The molecule has 23 heavy (non-hydrogen) atoms. The van der Waals surface area contributed by atoms with E-state index in [1.54, 1.807) is 0 Å². The molecule has 2 rings (SSSR count). The van der Waals surface area contributed by atoms with Crippen LogP contribution in [0.4, 0.5) is 0 Å². The molecular formula is C19H22ClNO2. The van der Waals surface area contributed by atoms with E-state index in [9.17, 15) is 9.90 Å². The molecule has 0 bridgehead atoms. The van der Waals surface area contributed by atoms with Gasteiger partial charge in [-0.2, -0.15) is 0 Å². The average Bonchev–Trinajstić information content (AvgIpc) is 2.56. The lowest BCUT2D eigenvalue weighted by molar-refractivity contribution is -0.139. The van der Waals surface area contributed by atoms with Gasteiger partial charge in [0.25, 0.3) is 0 Å². The second-order valence-corrected chi connectivity index (χ2v) is 6.05. The third kappa shape index (κ3) is 5.38. The van der Waals surface area contributed by atoms with Gasteiger partial charge < -0.3 is 10.4 Å². The summed E-state index contributed by atoms with van der Waals surface area (Å²) in [5.74, 6) is -0.781. The van der Waals surface area contributed by atoms with E-state index < -0.39 is 12.0 Å². The number of aliphatic carboxylic acids is 1. The Morgan fingerprint density at radius 3 is 2.17 bits per heavy atom. The Bertz CT molecular complexity index is 623. The van der Waals surface area contributed by atoms with Gasteiger partial charge in [-0.3, -0.25) is 4.79 Å². The molecule has 0 amide bonds. The number of carbonyl (C=O) groups is 1. The van der Waals surface area contributed by atoms with Gasteiger partial charge in [0.05, 0.1) is 0 Å². The highest BCUT2D eigenvalue weighted by Gasteiger charge is 2.15. The number of carboxylic acid groups (broad SMARTS) is 1. The SMILES string of the molecule is CCCC[C@H](NCc1ccc(-c2ccc(Cl)cc2)cc1)C(=O)O. The van der Waals surface area contributed by atoms with Gasteiger partial charge in [0.1, 0.15) is 6.04 Å². The third-order valence-corrected chi connectivity index (χ3v) is 4.08. The van der Waals surface area contributed by atoms with Crippen molar-refractivity contribution in [1.82, 2.24) is 5.32 Å². The minimum atomic E-state index is -0.781. The molecule has 4 heteroatoms. The van der Waals surface area contributed by atoms with E-state index in [2.05, 4.69) is 12.2 Å². The van der Waals surface area contributed by atoms with Crippen molar-refractivity contribution in [3.05, 3.63) is 59.1 Å². The lowest BCUT2D eigenvalue weighted by Gasteiger charge is -2.14. The fourth-order valence-corrected chi connectivity index (χ4v) is 2.55. The Morgan fingerprint density at radius 2 is 1.65 bits per heavy atom. The van der Waals surface area contributed by atoms with Crippen molar-refractivity contribution in [2.24, 2.45) is 0 Å². The number of carboxylic acids is 1. The molecule has 0 aliphatic rings. The van der Waals surface area contributed by atoms with Crippen LogP contribution in [0.2, 0.25) is 5.02 Å². The minimum absolute atomic E-state index is 0.481. The van der Waals surface area contributed by atoms with Gasteiger partial charge >= 0.3 is 5.97 Å². The van der Waals surface area contributed by atoms with Crippen LogP contribution in [-0.4, -0.2) is 17.1 Å². The number of unbranched alkanes of at least 4 members (excludes halogenated alkanes) is 1. The van der Waals surface area contributed by atoms with Crippen LogP contribution in [0.15, 0.2) is 48.5 Å². The average molecular weight is 332 g/mol. The summed E-state index contributed by atoms with van der Waals surface area (Å²) in [7, 11) is 0. The first kappa shape index (κ1) is 17.5. The molecule has 0 saturated carbocycles. The summed E-state index contributed by atoms with van der Waals surface area (Å²) < 4.78 is 0. The van der Waals surface area contributed by atoms with Gasteiger partial charge in [-0.25, -0.2) is 0 Å². The topological polar surface area (TPSA) is 49.3 Å². The Hall–Kier alpha value is -1.84. The number of nitrogens with one attached hydrogen (secondary N) is 1. The number of rotatable bonds is 8. The number of hydrogen-bond acceptors (Lipinski definition) is 2. The molecular weight excluding hydrogens is 310 g/mol. The minimum Gasteiger partial charge on any atom is -0.480 e. The fourth-order valence-electron chi connectivity index (χ4n) is 2.42. The van der Waals surface area contributed by atoms with E-state index in [1.165, 1.54) is 0 Å². The van der Waals surface area contributed by atoms with E-state index in [0.29, 0.717) is 13.0 Å². The second-order valence-electron chi connectivity index (χ2n) is 5.62. The molecule has 3 nitrogen and oxygen atoms in total. The van der Waals surface area contributed by atoms with Crippen LogP contribution < -0.4 is 5.32 Å². The molecule has 122 valence electrons. The van der Waals surface area contributed by atoms with Crippen LogP contribution in [0, 0.1) is 0 Å². The highest BCUT2D eigenvalue weighted by atomic mass is 35.5. The normalized spacial score (nSPS) is 12.1. The summed E-state index contributed by atoms with van der Waals surface area (Å²) >= 11 is 5.90. The third-order valence-electron chi connectivity index (χ3n) is 3.83. The van der Waals surface area contributed by atoms with E-state index in [-0.39, 0.29) is 0 Å². The summed E-state index contributed by atoms with van der Waals surface area (Å²) in [5, 5.41) is 13.1. The molecule has 0 radical (unpaired) electrons. The van der Waals surface area contributed by atoms with E-state index >= 15 is 0 Å². The molecule has 0 aliphatic heterocycles. The number of halogens is 1. The molecule has 0 saturated heterocycles. The molecule has 0 aromatic heterocycles. The molecule has 2 aromatic carbocycles. The first-order chi connectivity index (χ1) is 11.1. The zero-order valence-electron chi connectivity index (χ0n) is 13.3. The molecule has 0 heterocycles. The largest absolute Gasteiger partial charge is 0.480 e. The Morgan fingerprint density at radius 1 is 1.09 bits per heavy atom. The lowest BCUT2D eigenvalue weighted by Crippen LogP contribution is -2.36. The van der Waals surface area contributed by atoms with E-state index in [1.807, 2.05) is 48.5 Å². The Kier molecular flexibility index (Phi) is 6.63. The van der Waals surface area contributed by atoms with Crippen LogP contribution in [0.3, 0.4) is 0 Å². The fraction of sp³-hybridized carbons (Fsp3) is 0.316. The smallest absolute Gasteiger partial charge is 0.320 e. The van der Waals surface area contributed by atoms with Crippen molar-refractivity contribution in [2.75, 3.05) is 0 Å². The summed E-state index contributed by atoms with van der Waals surface area (Å²) in [6.45, 7) is 2.62. The predicted molar refractivity (Wildman–Crippen MR) is 94.7 cm³/mol. The Labute approximate surface area is 142 Å². The summed E-state index contributed by atoms with van der Waals surface area (Å²) in [5.41, 5.74) is 3.30. The van der Waals surface area contributed by atoms with Gasteiger partial charge in [-0.15, -0.1) is 0 Å². The lowest BCUT2D eigenvalue weighted by atomic mass is 10.0. The molecule has 0 unspecified atom stereocenters. The van der Waals surface area contributed by atoms with Crippen molar-refractivity contribution in [3.8, 4) is 11.1 Å². The van der Waals surface area contributed by atoms with Gasteiger partial charge in [-0.1, -0.05) is 67.8 Å². The van der Waals surface area contributed by atoms with Crippen molar-refractivity contribution < 1.29 is 9.90 Å². The quantitative estimate of drug-likeness (QED) is 0.734. The first-order valence-electron chi connectivity index (χ1n) is 7.91. The monoisotopic (exact) mass is 331 g/mol. The van der Waals surface area contributed by atoms with E-state index in [0.717, 1.165) is 34.6 Å². The first-order valence-corrected chi connectivity index (χ1v) is 8.29. The van der Waals surface area contributed by atoms with Gasteiger partial charge in [0, 0.05) is 11.6 Å². The maximum atomic E-state index is 11.2. The second kappa shape index (κ2) is 8.70. The molecule has 0 aliphatic carbocycles. The van der Waals surface area contributed by atoms with Crippen molar-refractivity contribution in [1.29, 1.82) is 0 Å². The van der Waals surface area contributed by atoms with Crippen molar-refractivity contribution >= 4 is 17.6 Å². The highest BCUT2D eigenvalue weighted by molar-refractivity contribution is 6.30. The van der Waals surface area contributed by atoms with Gasteiger partial charge in [0.2, 0.25) is 0 Å². The standard InChI is InChI=1S/C19H22ClNO2/c1-2-3-4-18(19(22)23)21-13-14-5-7-15(8-6-14)16-9-11-17(20)12-10-16/h5-12,18,21H,2-4,13H2,1H3,(H,22,23)/t18-/m0/s1. The maximum Gasteiger partial charge on any atom is 0.320 e. The number of benzene rings is 2. The predicted octanol–water partition coefficient (Wildman–Crippen LogP) is 4.74. The van der Waals surface area contributed by atoms with E-state index in [4.69, 9.17) is 11.6 Å². The zero-order chi connectivity index (χ0) is 16.7. The van der Waals surface area contributed by atoms with Crippen LogP contribution in [0.25, 0.3) is 11.1 Å². The van der Waals surface area contributed by atoms with Crippen LogP contribution in [0.5, 0.6) is 0 Å². The van der Waals surface area contributed by atoms with Gasteiger partial charge in [-0.05, 0) is 35.2 Å². The molecule has 0 spiro atoms. The van der Waals surface area contributed by atoms with Crippen molar-refractivity contribution in [2.45, 2.75) is 38.8 Å². The van der Waals surface area contributed by atoms with Crippen molar-refractivity contribution in [3.63, 3.8) is 0 Å². The Balaban J connectivity index is 1.96. The molecule has 1 atom stereocenters. The highest BCUT2D eigenvalue weighted by Crippen LogP contribution is 2.21. The summed E-state index contributed by atoms with van der Waals surface area (Å²) in [4.78, 5) is 11.2. The molecule has 0 fully saturated rings.